The number of carbonyl (C=O) groups excluding carboxylic acids is 1. The molecule has 1 aliphatic heterocycles. The van der Waals surface area contributed by atoms with Crippen molar-refractivity contribution in [2.24, 2.45) is 5.84 Å². The summed E-state index contributed by atoms with van der Waals surface area (Å²) < 4.78 is 5.41. The summed E-state index contributed by atoms with van der Waals surface area (Å²) in [6.45, 7) is 5.63. The third-order valence-corrected chi connectivity index (χ3v) is 2.49. The zero-order valence-electron chi connectivity index (χ0n) is 9.45. The van der Waals surface area contributed by atoms with E-state index in [1.54, 1.807) is 4.90 Å². The van der Waals surface area contributed by atoms with Crippen LogP contribution < -0.4 is 5.84 Å². The van der Waals surface area contributed by atoms with Crippen LogP contribution in [0.5, 0.6) is 0 Å². The number of hydrogen-bond acceptors (Lipinski definition) is 3. The molecular formula is C10H21N3O2. The van der Waals surface area contributed by atoms with E-state index in [2.05, 4.69) is 6.92 Å². The molecule has 0 saturated carbocycles. The Morgan fingerprint density at radius 3 is 2.93 bits per heavy atom. The van der Waals surface area contributed by atoms with Gasteiger partial charge in [-0.05, 0) is 12.8 Å². The van der Waals surface area contributed by atoms with Gasteiger partial charge in [-0.25, -0.2) is 10.6 Å². The van der Waals surface area contributed by atoms with Gasteiger partial charge in [-0.1, -0.05) is 13.3 Å². The molecule has 0 aliphatic carbocycles. The Kier molecular flexibility index (Phi) is 5.42. The molecule has 0 unspecified atom stereocenters. The summed E-state index contributed by atoms with van der Waals surface area (Å²) in [7, 11) is 0. The van der Waals surface area contributed by atoms with E-state index in [9.17, 15) is 4.79 Å². The van der Waals surface area contributed by atoms with E-state index in [0.717, 1.165) is 32.4 Å². The van der Waals surface area contributed by atoms with Crippen molar-refractivity contribution < 1.29 is 9.53 Å². The molecule has 88 valence electrons. The molecule has 15 heavy (non-hydrogen) atoms. The van der Waals surface area contributed by atoms with Crippen LogP contribution in [-0.2, 0) is 4.74 Å². The first-order valence-corrected chi connectivity index (χ1v) is 5.64. The van der Waals surface area contributed by atoms with Gasteiger partial charge in [0.1, 0.15) is 0 Å². The lowest BCUT2D eigenvalue weighted by atomic mass is 10.3. The summed E-state index contributed by atoms with van der Waals surface area (Å²) >= 11 is 0. The number of nitrogens with two attached hydrogens (primary N) is 1. The van der Waals surface area contributed by atoms with Gasteiger partial charge in [-0.3, -0.25) is 5.01 Å². The van der Waals surface area contributed by atoms with Gasteiger partial charge in [0.25, 0.3) is 0 Å². The average Bonchev–Trinajstić information content (AvgIpc) is 2.24. The van der Waals surface area contributed by atoms with Gasteiger partial charge in [0, 0.05) is 26.2 Å². The number of urea groups is 1. The number of nitrogens with zero attached hydrogens (tertiary/aromatic N) is 2. The van der Waals surface area contributed by atoms with Crippen molar-refractivity contribution in [1.82, 2.24) is 9.91 Å². The molecule has 1 heterocycles. The molecule has 0 radical (unpaired) electrons. The van der Waals surface area contributed by atoms with Crippen molar-refractivity contribution in [1.29, 1.82) is 0 Å². The molecule has 0 aromatic rings. The van der Waals surface area contributed by atoms with E-state index in [-0.39, 0.29) is 6.03 Å². The maximum absolute atomic E-state index is 11.5. The van der Waals surface area contributed by atoms with Gasteiger partial charge < -0.3 is 9.64 Å². The SMILES string of the molecule is CCCCOCCN1CCCN(N)C1=O. The van der Waals surface area contributed by atoms with Crippen LogP contribution in [0.2, 0.25) is 0 Å². The van der Waals surface area contributed by atoms with Gasteiger partial charge in [0.2, 0.25) is 0 Å². The summed E-state index contributed by atoms with van der Waals surface area (Å²) in [6, 6.07) is -0.0830. The van der Waals surface area contributed by atoms with Crippen molar-refractivity contribution in [3.8, 4) is 0 Å². The second-order valence-corrected chi connectivity index (χ2v) is 3.78. The first-order chi connectivity index (χ1) is 7.25. The molecule has 1 aliphatic rings. The van der Waals surface area contributed by atoms with Crippen molar-refractivity contribution >= 4 is 6.03 Å². The fourth-order valence-corrected chi connectivity index (χ4v) is 1.54. The van der Waals surface area contributed by atoms with Gasteiger partial charge in [0.15, 0.2) is 0 Å². The maximum atomic E-state index is 11.5. The van der Waals surface area contributed by atoms with E-state index in [1.807, 2.05) is 0 Å². The van der Waals surface area contributed by atoms with Gasteiger partial charge in [0.05, 0.1) is 6.61 Å². The zero-order valence-corrected chi connectivity index (χ0v) is 9.45. The van der Waals surface area contributed by atoms with Crippen molar-refractivity contribution in [3.05, 3.63) is 0 Å². The van der Waals surface area contributed by atoms with Crippen LogP contribution in [0.15, 0.2) is 0 Å². The summed E-state index contributed by atoms with van der Waals surface area (Å²) in [5.41, 5.74) is 0. The fourth-order valence-electron chi connectivity index (χ4n) is 1.54. The van der Waals surface area contributed by atoms with Gasteiger partial charge in [-0.15, -0.1) is 0 Å². The molecule has 1 fully saturated rings. The average molecular weight is 215 g/mol. The molecule has 0 aromatic carbocycles. The molecule has 1 rings (SSSR count). The van der Waals surface area contributed by atoms with Crippen LogP contribution in [0.1, 0.15) is 26.2 Å². The zero-order chi connectivity index (χ0) is 11.1. The van der Waals surface area contributed by atoms with Crippen molar-refractivity contribution in [2.45, 2.75) is 26.2 Å². The van der Waals surface area contributed by atoms with E-state index >= 15 is 0 Å². The third-order valence-electron chi connectivity index (χ3n) is 2.49. The van der Waals surface area contributed by atoms with Gasteiger partial charge in [-0.2, -0.15) is 0 Å². The van der Waals surface area contributed by atoms with Crippen LogP contribution in [0, 0.1) is 0 Å². The second-order valence-electron chi connectivity index (χ2n) is 3.78. The second kappa shape index (κ2) is 6.63. The minimum Gasteiger partial charge on any atom is -0.380 e. The molecule has 2 N–H and O–H groups in total. The highest BCUT2D eigenvalue weighted by Gasteiger charge is 2.22. The van der Waals surface area contributed by atoms with Crippen LogP contribution >= 0.6 is 0 Å². The largest absolute Gasteiger partial charge is 0.380 e. The Bertz CT molecular complexity index is 199. The van der Waals surface area contributed by atoms with E-state index < -0.39 is 0 Å². The Morgan fingerprint density at radius 2 is 2.20 bits per heavy atom. The summed E-state index contributed by atoms with van der Waals surface area (Å²) in [5, 5.41) is 1.27. The molecule has 5 nitrogen and oxygen atoms in total. The summed E-state index contributed by atoms with van der Waals surface area (Å²) in [5.74, 6) is 5.52. The highest BCUT2D eigenvalue weighted by molar-refractivity contribution is 5.74. The third kappa shape index (κ3) is 4.05. The number of rotatable bonds is 6. The predicted octanol–water partition coefficient (Wildman–Crippen LogP) is 0.805. The number of unbranched alkanes of at least 4 members (excludes halogenated alkanes) is 1. The lowest BCUT2D eigenvalue weighted by Crippen LogP contribution is -2.53. The molecule has 0 aromatic heterocycles. The number of amides is 2. The highest BCUT2D eigenvalue weighted by atomic mass is 16.5. The first kappa shape index (κ1) is 12.3. The molecule has 5 heteroatoms. The van der Waals surface area contributed by atoms with E-state index in [1.165, 1.54) is 5.01 Å². The number of carbonyl (C=O) groups is 1. The molecular weight excluding hydrogens is 194 g/mol. The van der Waals surface area contributed by atoms with Crippen LogP contribution in [0.4, 0.5) is 4.79 Å². The Morgan fingerprint density at radius 1 is 1.40 bits per heavy atom. The minimum atomic E-state index is -0.0830. The minimum absolute atomic E-state index is 0.0830. The molecule has 1 saturated heterocycles. The number of hydrogen-bond donors (Lipinski definition) is 1. The monoisotopic (exact) mass is 215 g/mol. The summed E-state index contributed by atoms with van der Waals surface area (Å²) in [4.78, 5) is 13.3. The Balaban J connectivity index is 2.12. The molecule has 0 spiro atoms. The lowest BCUT2D eigenvalue weighted by Gasteiger charge is -2.32. The quantitative estimate of drug-likeness (QED) is 0.405. The highest BCUT2D eigenvalue weighted by Crippen LogP contribution is 2.04. The summed E-state index contributed by atoms with van der Waals surface area (Å²) in [6.07, 6.45) is 3.16. The standard InChI is InChI=1S/C10H21N3O2/c1-2-3-8-15-9-7-12-5-4-6-13(11)10(12)14/h2-9,11H2,1H3. The molecule has 0 atom stereocenters. The predicted molar refractivity (Wildman–Crippen MR) is 58.2 cm³/mol. The van der Waals surface area contributed by atoms with Crippen LogP contribution in [-0.4, -0.2) is 48.8 Å². The number of hydrazine groups is 1. The Hall–Kier alpha value is -0.810. The maximum Gasteiger partial charge on any atom is 0.334 e. The number of ether oxygens (including phenoxy) is 1. The normalized spacial score (nSPS) is 17.3. The smallest absolute Gasteiger partial charge is 0.334 e. The van der Waals surface area contributed by atoms with Crippen LogP contribution in [0.3, 0.4) is 0 Å². The lowest BCUT2D eigenvalue weighted by molar-refractivity contribution is 0.0853. The van der Waals surface area contributed by atoms with Crippen LogP contribution in [0.25, 0.3) is 0 Å². The first-order valence-electron chi connectivity index (χ1n) is 5.64. The Labute approximate surface area is 91.1 Å². The van der Waals surface area contributed by atoms with E-state index in [4.69, 9.17) is 10.6 Å². The molecule has 2 amide bonds. The van der Waals surface area contributed by atoms with Gasteiger partial charge >= 0.3 is 6.03 Å². The van der Waals surface area contributed by atoms with Crippen molar-refractivity contribution in [3.63, 3.8) is 0 Å². The van der Waals surface area contributed by atoms with Crippen molar-refractivity contribution in [2.75, 3.05) is 32.8 Å². The topological polar surface area (TPSA) is 58.8 Å². The van der Waals surface area contributed by atoms with E-state index in [0.29, 0.717) is 19.7 Å². The molecule has 0 bridgehead atoms. The fraction of sp³-hybridized carbons (Fsp3) is 0.900.